The number of hydrogen-bond acceptors (Lipinski definition) is 5. The molecule has 2 aromatic rings. The molecule has 0 atom stereocenters. The van der Waals surface area contributed by atoms with Gasteiger partial charge in [0.25, 0.3) is 0 Å². The van der Waals surface area contributed by atoms with Crippen LogP contribution in [-0.2, 0) is 11.2 Å². The van der Waals surface area contributed by atoms with Crippen molar-refractivity contribution in [3.05, 3.63) is 29.3 Å². The van der Waals surface area contributed by atoms with Crippen molar-refractivity contribution < 1.29 is 9.32 Å². The Morgan fingerprint density at radius 1 is 1.39 bits per heavy atom. The van der Waals surface area contributed by atoms with Crippen molar-refractivity contribution in [1.82, 2.24) is 15.1 Å². The second-order valence-electron chi connectivity index (χ2n) is 4.26. The fraction of sp³-hybridized carbons (Fsp3) is 0.385. The summed E-state index contributed by atoms with van der Waals surface area (Å²) < 4.78 is 5.05. The molecule has 0 aliphatic heterocycles. The van der Waals surface area contributed by atoms with Crippen LogP contribution in [0.3, 0.4) is 0 Å². The third-order valence-corrected chi connectivity index (χ3v) is 2.64. The first-order chi connectivity index (χ1) is 8.60. The van der Waals surface area contributed by atoms with Gasteiger partial charge < -0.3 is 4.52 Å². The molecule has 2 rings (SSSR count). The van der Waals surface area contributed by atoms with Crippen molar-refractivity contribution in [3.63, 3.8) is 0 Å². The SMILES string of the molecule is CCC(=O)Cc1nc(-c2ncc(C)cc2C)no1. The van der Waals surface area contributed by atoms with Crippen LogP contribution in [-0.4, -0.2) is 20.9 Å². The van der Waals surface area contributed by atoms with E-state index >= 15 is 0 Å². The topological polar surface area (TPSA) is 68.9 Å². The highest BCUT2D eigenvalue weighted by molar-refractivity contribution is 5.79. The summed E-state index contributed by atoms with van der Waals surface area (Å²) in [6.45, 7) is 5.74. The predicted octanol–water partition coefficient (Wildman–Crippen LogP) is 2.27. The molecule has 0 aliphatic rings. The summed E-state index contributed by atoms with van der Waals surface area (Å²) in [6, 6.07) is 2.01. The Morgan fingerprint density at radius 3 is 2.83 bits per heavy atom. The molecule has 0 unspecified atom stereocenters. The van der Waals surface area contributed by atoms with E-state index in [0.29, 0.717) is 23.8 Å². The number of carbonyl (C=O) groups excluding carboxylic acids is 1. The summed E-state index contributed by atoms with van der Waals surface area (Å²) in [5.74, 6) is 0.865. The van der Waals surface area contributed by atoms with Crippen LogP contribution in [0.1, 0.15) is 30.4 Å². The van der Waals surface area contributed by atoms with Gasteiger partial charge in [-0.1, -0.05) is 18.1 Å². The maximum absolute atomic E-state index is 11.3. The van der Waals surface area contributed by atoms with E-state index in [0.717, 1.165) is 11.1 Å². The number of pyridine rings is 1. The van der Waals surface area contributed by atoms with Crippen LogP contribution in [0.15, 0.2) is 16.8 Å². The van der Waals surface area contributed by atoms with Gasteiger partial charge in [0.15, 0.2) is 0 Å². The second kappa shape index (κ2) is 5.08. The minimum atomic E-state index is 0.0822. The van der Waals surface area contributed by atoms with E-state index in [9.17, 15) is 4.79 Å². The first-order valence-electron chi connectivity index (χ1n) is 5.88. The molecule has 18 heavy (non-hydrogen) atoms. The van der Waals surface area contributed by atoms with Crippen LogP contribution in [0, 0.1) is 13.8 Å². The number of carbonyl (C=O) groups is 1. The molecule has 0 bridgehead atoms. The molecule has 0 amide bonds. The molecule has 5 heteroatoms. The lowest BCUT2D eigenvalue weighted by molar-refractivity contribution is -0.118. The molecule has 0 saturated carbocycles. The fourth-order valence-electron chi connectivity index (χ4n) is 1.67. The van der Waals surface area contributed by atoms with Crippen molar-refractivity contribution in [3.8, 4) is 11.5 Å². The highest BCUT2D eigenvalue weighted by Gasteiger charge is 2.14. The minimum absolute atomic E-state index is 0.0822. The van der Waals surface area contributed by atoms with Gasteiger partial charge in [-0.3, -0.25) is 9.78 Å². The molecule has 0 N–H and O–H groups in total. The Labute approximate surface area is 105 Å². The van der Waals surface area contributed by atoms with E-state index in [-0.39, 0.29) is 12.2 Å². The van der Waals surface area contributed by atoms with E-state index in [1.165, 1.54) is 0 Å². The average Bonchev–Trinajstić information content (AvgIpc) is 2.77. The zero-order valence-electron chi connectivity index (χ0n) is 10.7. The van der Waals surface area contributed by atoms with Crippen molar-refractivity contribution in [1.29, 1.82) is 0 Å². The molecule has 0 aromatic carbocycles. The first kappa shape index (κ1) is 12.4. The molecule has 0 radical (unpaired) electrons. The Hall–Kier alpha value is -2.04. The van der Waals surface area contributed by atoms with Crippen LogP contribution in [0.5, 0.6) is 0 Å². The average molecular weight is 245 g/mol. The van der Waals surface area contributed by atoms with E-state index in [2.05, 4.69) is 15.1 Å². The van der Waals surface area contributed by atoms with Crippen molar-refractivity contribution in [2.45, 2.75) is 33.6 Å². The van der Waals surface area contributed by atoms with Gasteiger partial charge in [0.2, 0.25) is 11.7 Å². The molecule has 94 valence electrons. The number of rotatable bonds is 4. The number of ketones is 1. The van der Waals surface area contributed by atoms with E-state index in [1.54, 1.807) is 6.20 Å². The Balaban J connectivity index is 2.26. The lowest BCUT2D eigenvalue weighted by atomic mass is 10.1. The Morgan fingerprint density at radius 2 is 2.17 bits per heavy atom. The third-order valence-electron chi connectivity index (χ3n) is 2.64. The highest BCUT2D eigenvalue weighted by atomic mass is 16.5. The van der Waals surface area contributed by atoms with E-state index in [4.69, 9.17) is 4.52 Å². The maximum Gasteiger partial charge on any atom is 0.234 e. The smallest absolute Gasteiger partial charge is 0.234 e. The van der Waals surface area contributed by atoms with Gasteiger partial charge in [0.05, 0.1) is 6.42 Å². The zero-order valence-corrected chi connectivity index (χ0v) is 10.7. The molecule has 5 nitrogen and oxygen atoms in total. The highest BCUT2D eigenvalue weighted by Crippen LogP contribution is 2.18. The van der Waals surface area contributed by atoms with Gasteiger partial charge in [0, 0.05) is 12.6 Å². The largest absolute Gasteiger partial charge is 0.338 e. The Kier molecular flexibility index (Phi) is 3.50. The van der Waals surface area contributed by atoms with Crippen LogP contribution in [0.25, 0.3) is 11.5 Å². The standard InChI is InChI=1S/C13H15N3O2/c1-4-10(17)6-11-15-13(16-18-11)12-9(3)5-8(2)7-14-12/h5,7H,4,6H2,1-3H3. The summed E-state index contributed by atoms with van der Waals surface area (Å²) >= 11 is 0. The van der Waals surface area contributed by atoms with Gasteiger partial charge in [0.1, 0.15) is 11.5 Å². The first-order valence-corrected chi connectivity index (χ1v) is 5.88. The predicted molar refractivity (Wildman–Crippen MR) is 66.0 cm³/mol. The molecular formula is C13H15N3O2. The molecule has 2 heterocycles. The zero-order chi connectivity index (χ0) is 13.1. The maximum atomic E-state index is 11.3. The molecule has 0 saturated heterocycles. The molecule has 0 spiro atoms. The number of aromatic nitrogens is 3. The van der Waals surface area contributed by atoms with Crippen molar-refractivity contribution in [2.24, 2.45) is 0 Å². The quantitative estimate of drug-likeness (QED) is 0.826. The van der Waals surface area contributed by atoms with Gasteiger partial charge in [-0.15, -0.1) is 0 Å². The number of hydrogen-bond donors (Lipinski definition) is 0. The molecular weight excluding hydrogens is 230 g/mol. The van der Waals surface area contributed by atoms with Crippen LogP contribution in [0.2, 0.25) is 0 Å². The summed E-state index contributed by atoms with van der Waals surface area (Å²) in [7, 11) is 0. The van der Waals surface area contributed by atoms with Gasteiger partial charge in [-0.2, -0.15) is 4.98 Å². The van der Waals surface area contributed by atoms with Gasteiger partial charge in [-0.25, -0.2) is 0 Å². The summed E-state index contributed by atoms with van der Waals surface area (Å²) in [6.07, 6.45) is 2.42. The minimum Gasteiger partial charge on any atom is -0.338 e. The third kappa shape index (κ3) is 2.61. The van der Waals surface area contributed by atoms with E-state index in [1.807, 2.05) is 26.8 Å². The number of Topliss-reactive ketones (excluding diaryl/α,β-unsaturated/α-hetero) is 1. The number of aryl methyl sites for hydroxylation is 2. The van der Waals surface area contributed by atoms with Gasteiger partial charge >= 0.3 is 0 Å². The van der Waals surface area contributed by atoms with Crippen molar-refractivity contribution >= 4 is 5.78 Å². The van der Waals surface area contributed by atoms with E-state index < -0.39 is 0 Å². The summed E-state index contributed by atoms with van der Waals surface area (Å²) in [5.41, 5.74) is 2.77. The monoisotopic (exact) mass is 245 g/mol. The van der Waals surface area contributed by atoms with Crippen LogP contribution in [0.4, 0.5) is 0 Å². The van der Waals surface area contributed by atoms with Crippen LogP contribution >= 0.6 is 0 Å². The Bertz CT molecular complexity index is 575. The molecule has 0 aliphatic carbocycles. The van der Waals surface area contributed by atoms with Crippen molar-refractivity contribution in [2.75, 3.05) is 0 Å². The molecule has 2 aromatic heterocycles. The van der Waals surface area contributed by atoms with Gasteiger partial charge in [-0.05, 0) is 25.0 Å². The normalized spacial score (nSPS) is 10.6. The lowest BCUT2D eigenvalue weighted by Crippen LogP contribution is -2.00. The fourth-order valence-corrected chi connectivity index (χ4v) is 1.67. The second-order valence-corrected chi connectivity index (χ2v) is 4.26. The molecule has 0 fully saturated rings. The lowest BCUT2D eigenvalue weighted by Gasteiger charge is -2.00. The summed E-state index contributed by atoms with van der Waals surface area (Å²) in [4.78, 5) is 19.8. The summed E-state index contributed by atoms with van der Waals surface area (Å²) in [5, 5.41) is 3.86. The number of nitrogens with zero attached hydrogens (tertiary/aromatic N) is 3. The van der Waals surface area contributed by atoms with Crippen LogP contribution < -0.4 is 0 Å².